The van der Waals surface area contributed by atoms with E-state index >= 15 is 0 Å². The molecule has 0 aromatic carbocycles. The Morgan fingerprint density at radius 1 is 1.00 bits per heavy atom. The minimum Gasteiger partial charge on any atom is 0 e. The molecule has 4 heavy (non-hydrogen) atoms. The van der Waals surface area contributed by atoms with Crippen LogP contribution in [0, 0.1) is 0 Å². The average Bonchev–Trinajstić information content (AvgIpc) is 0. The summed E-state index contributed by atoms with van der Waals surface area (Å²) in [5, 5.41) is 0. The molecule has 0 unspecified atom stereocenters. The van der Waals surface area contributed by atoms with Crippen molar-refractivity contribution < 1.29 is 51.5 Å². The maximum atomic E-state index is 0. The molecule has 0 spiro atoms. The van der Waals surface area contributed by atoms with Gasteiger partial charge in [0.1, 0.15) is 0 Å². The molecule has 0 saturated heterocycles. The van der Waals surface area contributed by atoms with E-state index in [2.05, 4.69) is 0 Å². The molecule has 0 rings (SSSR count). The SMILES string of the molecule is [AlH3].[Cr].[Fe].[Mn]. The van der Waals surface area contributed by atoms with E-state index in [4.69, 9.17) is 0 Å². The Hall–Kier alpha value is 2.10. The van der Waals surface area contributed by atoms with Crippen molar-refractivity contribution in [1.82, 2.24) is 0 Å². The molecule has 0 bridgehead atoms. The summed E-state index contributed by atoms with van der Waals surface area (Å²) in [6, 6.07) is 0. The van der Waals surface area contributed by atoms with E-state index in [1.165, 1.54) is 0 Å². The first kappa shape index (κ1) is 35.9. The topological polar surface area (TPSA) is 0 Å². The molecule has 0 aromatic rings. The molecular formula is H3AlCrFeMn. The summed E-state index contributed by atoms with van der Waals surface area (Å²) in [6.07, 6.45) is 0. The molecule has 0 N–H and O–H groups in total. The van der Waals surface area contributed by atoms with Crippen molar-refractivity contribution in [2.45, 2.75) is 0 Å². The molecule has 0 heterocycles. The van der Waals surface area contributed by atoms with Crippen LogP contribution in [0.1, 0.15) is 0 Å². The first-order chi connectivity index (χ1) is 0. The quantitative estimate of drug-likeness (QED) is 0.424. The van der Waals surface area contributed by atoms with E-state index in [9.17, 15) is 0 Å². The van der Waals surface area contributed by atoms with Gasteiger partial charge >= 0.3 is 0 Å². The van der Waals surface area contributed by atoms with Crippen LogP contribution < -0.4 is 0 Å². The van der Waals surface area contributed by atoms with Crippen molar-refractivity contribution in [2.24, 2.45) is 0 Å². The summed E-state index contributed by atoms with van der Waals surface area (Å²) in [7, 11) is 0. The first-order valence-electron chi connectivity index (χ1n) is 0. The molecule has 0 aliphatic rings. The van der Waals surface area contributed by atoms with Crippen molar-refractivity contribution in [1.29, 1.82) is 0 Å². The van der Waals surface area contributed by atoms with Crippen LogP contribution in [-0.4, -0.2) is 17.4 Å². The van der Waals surface area contributed by atoms with Crippen LogP contribution in [-0.2, 0) is 51.5 Å². The zero-order valence-electron chi connectivity index (χ0n) is 1.14. The molecule has 4 heteroatoms. The van der Waals surface area contributed by atoms with Crippen molar-refractivity contribution in [3.63, 3.8) is 0 Å². The van der Waals surface area contributed by atoms with Gasteiger partial charge in [0.25, 0.3) is 0 Å². The van der Waals surface area contributed by atoms with E-state index in [0.29, 0.717) is 0 Å². The monoisotopic (exact) mass is 193 g/mol. The normalized spacial score (nSPS) is 0. The van der Waals surface area contributed by atoms with Crippen LogP contribution >= 0.6 is 0 Å². The maximum absolute atomic E-state index is 0. The summed E-state index contributed by atoms with van der Waals surface area (Å²) in [6.45, 7) is 0. The van der Waals surface area contributed by atoms with Gasteiger partial charge in [0.15, 0.2) is 17.4 Å². The fourth-order valence-electron chi connectivity index (χ4n) is 0. The van der Waals surface area contributed by atoms with E-state index in [-0.39, 0.29) is 68.9 Å². The van der Waals surface area contributed by atoms with Gasteiger partial charge in [0.2, 0.25) is 0 Å². The molecule has 0 nitrogen and oxygen atoms in total. The van der Waals surface area contributed by atoms with E-state index in [1.807, 2.05) is 0 Å². The van der Waals surface area contributed by atoms with Crippen molar-refractivity contribution in [2.75, 3.05) is 0 Å². The van der Waals surface area contributed by atoms with Crippen LogP contribution in [0.5, 0.6) is 0 Å². The summed E-state index contributed by atoms with van der Waals surface area (Å²) in [5.74, 6) is 0. The average molecular weight is 193 g/mol. The van der Waals surface area contributed by atoms with Gasteiger partial charge in [-0.1, -0.05) is 0 Å². The third-order valence-electron chi connectivity index (χ3n) is 0. The van der Waals surface area contributed by atoms with Gasteiger partial charge in [-0.3, -0.25) is 0 Å². The summed E-state index contributed by atoms with van der Waals surface area (Å²) >= 11 is 0. The Kier molecular flexibility index (Phi) is 174. The third kappa shape index (κ3) is 8.93. The Morgan fingerprint density at radius 3 is 1.00 bits per heavy atom. The molecule has 0 atom stereocenters. The Labute approximate surface area is 68.3 Å². The predicted molar refractivity (Wildman–Crippen MR) is 9.94 cm³/mol. The summed E-state index contributed by atoms with van der Waals surface area (Å²) < 4.78 is 0. The van der Waals surface area contributed by atoms with Crippen LogP contribution in [0.2, 0.25) is 0 Å². The fourth-order valence-corrected chi connectivity index (χ4v) is 0. The Morgan fingerprint density at radius 2 is 1.00 bits per heavy atom. The minimum absolute atomic E-state index is 0. The summed E-state index contributed by atoms with van der Waals surface area (Å²) in [5.41, 5.74) is 0. The number of rotatable bonds is 0. The number of hydrogen-bond acceptors (Lipinski definition) is 0. The van der Waals surface area contributed by atoms with Crippen molar-refractivity contribution in [3.8, 4) is 0 Å². The van der Waals surface area contributed by atoms with Gasteiger partial charge < -0.3 is 0 Å². The second kappa shape index (κ2) is 19.4. The second-order valence-electron chi connectivity index (χ2n) is 0. The van der Waals surface area contributed by atoms with Gasteiger partial charge in [0, 0.05) is 51.5 Å². The van der Waals surface area contributed by atoms with Crippen LogP contribution in [0.15, 0.2) is 0 Å². The molecule has 0 aromatic heterocycles. The third-order valence-corrected chi connectivity index (χ3v) is 0. The standard InChI is InChI=1S/Al.Cr.Fe.Mn.3H. The van der Waals surface area contributed by atoms with Gasteiger partial charge in [-0.2, -0.15) is 0 Å². The molecule has 0 aliphatic carbocycles. The van der Waals surface area contributed by atoms with Gasteiger partial charge in [-0.25, -0.2) is 0 Å². The first-order valence-corrected chi connectivity index (χ1v) is 0. The zero-order chi connectivity index (χ0) is 0. The zero-order valence-corrected chi connectivity index (χ0v) is 4.70. The smallest absolute Gasteiger partial charge is 0 e. The summed E-state index contributed by atoms with van der Waals surface area (Å²) in [4.78, 5) is 0. The van der Waals surface area contributed by atoms with E-state index in [1.54, 1.807) is 0 Å². The van der Waals surface area contributed by atoms with Crippen molar-refractivity contribution >= 4 is 17.4 Å². The van der Waals surface area contributed by atoms with Gasteiger partial charge in [-0.05, 0) is 0 Å². The maximum Gasteiger partial charge on any atom is 0.187 e. The molecule has 0 aliphatic heterocycles. The second-order valence-corrected chi connectivity index (χ2v) is 0. The molecule has 1 radical (unpaired) electrons. The van der Waals surface area contributed by atoms with Crippen molar-refractivity contribution in [3.05, 3.63) is 0 Å². The van der Waals surface area contributed by atoms with Crippen LogP contribution in [0.4, 0.5) is 0 Å². The van der Waals surface area contributed by atoms with Crippen LogP contribution in [0.3, 0.4) is 0 Å². The van der Waals surface area contributed by atoms with Gasteiger partial charge in [0.05, 0.1) is 0 Å². The molecule has 0 saturated carbocycles. The van der Waals surface area contributed by atoms with E-state index in [0.717, 1.165) is 0 Å². The molecule has 0 fully saturated rings. The molecular weight excluding hydrogens is 190 g/mol. The fraction of sp³-hybridized carbons (Fsp3) is 0. The van der Waals surface area contributed by atoms with Gasteiger partial charge in [-0.15, -0.1) is 0 Å². The Bertz CT molecular complexity index is 8.00. The minimum atomic E-state index is 0. The Balaban J connectivity index is 0. The largest absolute Gasteiger partial charge is 0.187 e. The predicted octanol–water partition coefficient (Wildman–Crippen LogP) is -1.19. The molecule has 27 valence electrons. The molecule has 0 amide bonds. The van der Waals surface area contributed by atoms with Crippen LogP contribution in [0.25, 0.3) is 0 Å². The van der Waals surface area contributed by atoms with E-state index < -0.39 is 0 Å². The number of hydrogen-bond donors (Lipinski definition) is 0.